The van der Waals surface area contributed by atoms with Gasteiger partial charge in [0.2, 0.25) is 11.8 Å². The summed E-state index contributed by atoms with van der Waals surface area (Å²) in [6, 6.07) is 1.36. The average molecular weight is 250 g/mol. The van der Waals surface area contributed by atoms with Crippen LogP contribution in [0.25, 0.3) is 0 Å². The number of hydrogen-bond acceptors (Lipinski definition) is 5. The largest absolute Gasteiger partial charge is 0.424 e. The van der Waals surface area contributed by atoms with Gasteiger partial charge >= 0.3 is 5.69 Å². The van der Waals surface area contributed by atoms with Gasteiger partial charge in [-0.3, -0.25) is 9.36 Å². The van der Waals surface area contributed by atoms with E-state index >= 15 is 0 Å². The van der Waals surface area contributed by atoms with Crippen LogP contribution < -0.4 is 11.2 Å². The van der Waals surface area contributed by atoms with Crippen LogP contribution in [0.4, 0.5) is 0 Å². The Morgan fingerprint density at radius 1 is 1.33 bits per heavy atom. The molecule has 7 nitrogen and oxygen atoms in total. The van der Waals surface area contributed by atoms with Crippen LogP contribution in [0.1, 0.15) is 25.1 Å². The molecular formula is C11H14N4O3. The molecule has 0 spiro atoms. The zero-order valence-corrected chi connectivity index (χ0v) is 10.3. The Labute approximate surface area is 103 Å². The second-order valence-corrected chi connectivity index (χ2v) is 3.93. The lowest BCUT2D eigenvalue weighted by Crippen LogP contribution is -2.39. The fourth-order valence-electron chi connectivity index (χ4n) is 1.65. The molecule has 18 heavy (non-hydrogen) atoms. The summed E-state index contributed by atoms with van der Waals surface area (Å²) in [5.74, 6) is 0.656. The molecule has 0 fully saturated rings. The van der Waals surface area contributed by atoms with Crippen molar-refractivity contribution in [1.29, 1.82) is 0 Å². The normalized spacial score (nSPS) is 10.8. The second-order valence-electron chi connectivity index (χ2n) is 3.93. The lowest BCUT2D eigenvalue weighted by atomic mass is 10.4. The Balaban J connectivity index is 2.40. The molecule has 2 rings (SSSR count). The highest BCUT2D eigenvalue weighted by Crippen LogP contribution is 1.98. The van der Waals surface area contributed by atoms with E-state index in [0.717, 1.165) is 11.0 Å². The van der Waals surface area contributed by atoms with Gasteiger partial charge in [-0.25, -0.2) is 4.79 Å². The first-order valence-electron chi connectivity index (χ1n) is 5.71. The van der Waals surface area contributed by atoms with Gasteiger partial charge in [0.1, 0.15) is 6.54 Å². The molecule has 0 aliphatic carbocycles. The monoisotopic (exact) mass is 250 g/mol. The molecular weight excluding hydrogens is 236 g/mol. The van der Waals surface area contributed by atoms with Gasteiger partial charge in [-0.15, -0.1) is 10.2 Å². The summed E-state index contributed by atoms with van der Waals surface area (Å²) < 4.78 is 7.74. The number of aromatic nitrogens is 4. The van der Waals surface area contributed by atoms with E-state index in [1.807, 2.05) is 6.92 Å². The fourth-order valence-corrected chi connectivity index (χ4v) is 1.65. The molecule has 0 radical (unpaired) electrons. The molecule has 0 unspecified atom stereocenters. The molecule has 0 amide bonds. The van der Waals surface area contributed by atoms with Crippen molar-refractivity contribution < 1.29 is 4.42 Å². The first kappa shape index (κ1) is 12.3. The maximum atomic E-state index is 12.0. The first-order valence-corrected chi connectivity index (χ1v) is 5.71. The summed E-state index contributed by atoms with van der Waals surface area (Å²) in [7, 11) is 0. The third kappa shape index (κ3) is 2.39. The van der Waals surface area contributed by atoms with Gasteiger partial charge in [0.25, 0.3) is 5.56 Å². The van der Waals surface area contributed by atoms with Crippen LogP contribution in [0.2, 0.25) is 0 Å². The van der Waals surface area contributed by atoms with Crippen LogP contribution in [0.3, 0.4) is 0 Å². The topological polar surface area (TPSA) is 82.9 Å². The summed E-state index contributed by atoms with van der Waals surface area (Å²) in [5.41, 5.74) is -0.733. The predicted molar refractivity (Wildman–Crippen MR) is 63.4 cm³/mol. The average Bonchev–Trinajstić information content (AvgIpc) is 2.74. The van der Waals surface area contributed by atoms with Gasteiger partial charge in [-0.2, -0.15) is 0 Å². The highest BCUT2D eigenvalue weighted by Gasteiger charge is 2.09. The van der Waals surface area contributed by atoms with Crippen molar-refractivity contribution in [3.8, 4) is 0 Å². The number of aryl methyl sites for hydroxylation is 2. The molecule has 96 valence electrons. The summed E-state index contributed by atoms with van der Waals surface area (Å²) in [6.07, 6.45) is 2.32. The van der Waals surface area contributed by atoms with Crippen LogP contribution in [0, 0.1) is 6.92 Å². The van der Waals surface area contributed by atoms with E-state index in [0.29, 0.717) is 12.4 Å². The third-order valence-electron chi connectivity index (χ3n) is 2.47. The van der Waals surface area contributed by atoms with Crippen molar-refractivity contribution in [1.82, 2.24) is 19.3 Å². The molecule has 2 aromatic heterocycles. The Hall–Kier alpha value is -2.18. The van der Waals surface area contributed by atoms with Crippen molar-refractivity contribution in [2.24, 2.45) is 0 Å². The molecule has 0 aliphatic heterocycles. The Bertz CT molecular complexity index is 653. The van der Waals surface area contributed by atoms with Crippen LogP contribution in [0.5, 0.6) is 0 Å². The van der Waals surface area contributed by atoms with Gasteiger partial charge in [0, 0.05) is 25.7 Å². The molecule has 0 N–H and O–H groups in total. The smallest absolute Gasteiger partial charge is 0.331 e. The maximum Gasteiger partial charge on any atom is 0.331 e. The van der Waals surface area contributed by atoms with Crippen LogP contribution >= 0.6 is 0 Å². The molecule has 2 aromatic rings. The van der Waals surface area contributed by atoms with Gasteiger partial charge in [0.05, 0.1) is 0 Å². The molecule has 7 heteroatoms. The molecule has 0 bridgehead atoms. The Morgan fingerprint density at radius 2 is 2.11 bits per heavy atom. The van der Waals surface area contributed by atoms with E-state index in [9.17, 15) is 9.59 Å². The van der Waals surface area contributed by atoms with Crippen molar-refractivity contribution >= 4 is 0 Å². The van der Waals surface area contributed by atoms with Crippen molar-refractivity contribution in [2.45, 2.75) is 33.4 Å². The number of hydrogen-bond donors (Lipinski definition) is 0. The highest BCUT2D eigenvalue weighted by molar-refractivity contribution is 4.90. The number of nitrogens with zero attached hydrogens (tertiary/aromatic N) is 4. The minimum absolute atomic E-state index is 0.00304. The van der Waals surface area contributed by atoms with E-state index in [-0.39, 0.29) is 23.7 Å². The van der Waals surface area contributed by atoms with Gasteiger partial charge in [0.15, 0.2) is 0 Å². The quantitative estimate of drug-likeness (QED) is 0.771. The minimum atomic E-state index is -0.372. The van der Waals surface area contributed by atoms with Crippen LogP contribution in [-0.4, -0.2) is 19.3 Å². The maximum absolute atomic E-state index is 12.0. The fraction of sp³-hybridized carbons (Fsp3) is 0.455. The third-order valence-corrected chi connectivity index (χ3v) is 2.47. The molecule has 0 aromatic carbocycles. The molecule has 0 saturated carbocycles. The zero-order valence-electron chi connectivity index (χ0n) is 10.3. The predicted octanol–water partition coefficient (Wildman–Crippen LogP) is 0.160. The number of rotatable bonds is 4. The van der Waals surface area contributed by atoms with E-state index < -0.39 is 0 Å². The van der Waals surface area contributed by atoms with Crippen LogP contribution in [-0.2, 0) is 13.1 Å². The first-order chi connectivity index (χ1) is 8.61. The Kier molecular flexibility index (Phi) is 3.40. The van der Waals surface area contributed by atoms with E-state index in [2.05, 4.69) is 10.2 Å². The minimum Gasteiger partial charge on any atom is -0.424 e. The van der Waals surface area contributed by atoms with Crippen LogP contribution in [0.15, 0.2) is 26.3 Å². The van der Waals surface area contributed by atoms with Crippen molar-refractivity contribution in [3.05, 3.63) is 44.9 Å². The second kappa shape index (κ2) is 4.99. The zero-order chi connectivity index (χ0) is 13.1. The summed E-state index contributed by atoms with van der Waals surface area (Å²) in [4.78, 5) is 23.7. The van der Waals surface area contributed by atoms with Gasteiger partial charge < -0.3 is 8.98 Å². The summed E-state index contributed by atoms with van der Waals surface area (Å²) in [5, 5.41) is 7.43. The summed E-state index contributed by atoms with van der Waals surface area (Å²) in [6.45, 7) is 4.19. The molecule has 2 heterocycles. The standard InChI is InChI=1S/C11H14N4O3/c1-3-5-14-6-4-10(16)15(11(14)17)7-9-13-12-8(2)18-9/h4,6H,3,5,7H2,1-2H3. The van der Waals surface area contributed by atoms with E-state index in [1.54, 1.807) is 6.92 Å². The highest BCUT2D eigenvalue weighted by atomic mass is 16.4. The molecule has 0 aliphatic rings. The lowest BCUT2D eigenvalue weighted by Gasteiger charge is -2.06. The summed E-state index contributed by atoms with van der Waals surface area (Å²) >= 11 is 0. The molecule has 0 atom stereocenters. The lowest BCUT2D eigenvalue weighted by molar-refractivity contribution is 0.440. The van der Waals surface area contributed by atoms with E-state index in [4.69, 9.17) is 4.42 Å². The van der Waals surface area contributed by atoms with Gasteiger partial charge in [-0.05, 0) is 6.42 Å². The SMILES string of the molecule is CCCn1ccc(=O)n(Cc2nnc(C)o2)c1=O. The van der Waals surface area contributed by atoms with Gasteiger partial charge in [-0.1, -0.05) is 6.92 Å². The molecule has 0 saturated heterocycles. The van der Waals surface area contributed by atoms with E-state index in [1.165, 1.54) is 16.8 Å². The van der Waals surface area contributed by atoms with Crippen molar-refractivity contribution in [2.75, 3.05) is 0 Å². The Morgan fingerprint density at radius 3 is 2.72 bits per heavy atom. The van der Waals surface area contributed by atoms with Crippen molar-refractivity contribution in [3.63, 3.8) is 0 Å².